The summed E-state index contributed by atoms with van der Waals surface area (Å²) >= 11 is 0. The Morgan fingerprint density at radius 3 is 2.54 bits per heavy atom. The molecule has 4 heteroatoms. The number of hydrogen-bond acceptors (Lipinski definition) is 3. The van der Waals surface area contributed by atoms with Crippen molar-refractivity contribution in [2.75, 3.05) is 23.3 Å². The van der Waals surface area contributed by atoms with Gasteiger partial charge in [0.15, 0.2) is 0 Å². The summed E-state index contributed by atoms with van der Waals surface area (Å²) in [4.78, 5) is 14.5. The first-order chi connectivity index (χ1) is 11.7. The molecule has 1 saturated heterocycles. The molecule has 2 N–H and O–H groups in total. The third kappa shape index (κ3) is 4.60. The molecular weight excluding hydrogens is 300 g/mol. The van der Waals surface area contributed by atoms with Gasteiger partial charge in [-0.15, -0.1) is 0 Å². The SMILES string of the molecule is O=C(/C=C/C1CCCCC1)Nc1ccccc1N1CCC(O)CC1. The van der Waals surface area contributed by atoms with Crippen molar-refractivity contribution in [2.45, 2.75) is 51.0 Å². The van der Waals surface area contributed by atoms with Crippen molar-refractivity contribution in [1.82, 2.24) is 0 Å². The van der Waals surface area contributed by atoms with E-state index in [1.54, 1.807) is 6.08 Å². The number of hydrogen-bond donors (Lipinski definition) is 2. The average molecular weight is 328 g/mol. The third-order valence-electron chi connectivity index (χ3n) is 5.14. The maximum atomic E-state index is 12.3. The van der Waals surface area contributed by atoms with Crippen molar-refractivity contribution in [3.05, 3.63) is 36.4 Å². The van der Waals surface area contributed by atoms with Crippen LogP contribution in [0, 0.1) is 5.92 Å². The van der Waals surface area contributed by atoms with Crippen LogP contribution in [0.25, 0.3) is 0 Å². The minimum atomic E-state index is -0.193. The molecule has 0 unspecified atom stereocenters. The van der Waals surface area contributed by atoms with Gasteiger partial charge in [0.1, 0.15) is 0 Å². The van der Waals surface area contributed by atoms with Gasteiger partial charge in [-0.25, -0.2) is 0 Å². The normalized spacial score (nSPS) is 20.5. The quantitative estimate of drug-likeness (QED) is 0.828. The van der Waals surface area contributed by atoms with Crippen LogP contribution in [0.1, 0.15) is 44.9 Å². The van der Waals surface area contributed by atoms with Crippen LogP contribution in [0.4, 0.5) is 11.4 Å². The smallest absolute Gasteiger partial charge is 0.248 e. The maximum Gasteiger partial charge on any atom is 0.248 e. The fourth-order valence-electron chi connectivity index (χ4n) is 3.69. The monoisotopic (exact) mass is 328 g/mol. The number of carbonyl (C=O) groups is 1. The summed E-state index contributed by atoms with van der Waals surface area (Å²) in [5.41, 5.74) is 1.90. The molecule has 1 heterocycles. The highest BCUT2D eigenvalue weighted by Crippen LogP contribution is 2.28. The van der Waals surface area contributed by atoms with E-state index >= 15 is 0 Å². The Kier molecular flexibility index (Phi) is 5.91. The molecule has 2 aliphatic rings. The number of aliphatic hydroxyl groups is 1. The number of piperidine rings is 1. The maximum absolute atomic E-state index is 12.3. The number of carbonyl (C=O) groups excluding carboxylic acids is 1. The van der Waals surface area contributed by atoms with Crippen LogP contribution in [0.15, 0.2) is 36.4 Å². The Balaban J connectivity index is 1.62. The second-order valence-electron chi connectivity index (χ2n) is 6.98. The molecular formula is C20H28N2O2. The predicted molar refractivity (Wildman–Crippen MR) is 98.2 cm³/mol. The van der Waals surface area contributed by atoms with Crippen molar-refractivity contribution in [3.63, 3.8) is 0 Å². The Morgan fingerprint density at radius 1 is 1.08 bits per heavy atom. The molecule has 1 aliphatic heterocycles. The van der Waals surface area contributed by atoms with Crippen molar-refractivity contribution in [2.24, 2.45) is 5.92 Å². The van der Waals surface area contributed by atoms with Gasteiger partial charge in [0, 0.05) is 13.1 Å². The van der Waals surface area contributed by atoms with Crippen LogP contribution in [0.5, 0.6) is 0 Å². The van der Waals surface area contributed by atoms with Gasteiger partial charge in [0.05, 0.1) is 17.5 Å². The van der Waals surface area contributed by atoms with Crippen LogP contribution < -0.4 is 10.2 Å². The predicted octanol–water partition coefficient (Wildman–Crippen LogP) is 3.72. The number of aliphatic hydroxyl groups excluding tert-OH is 1. The van der Waals surface area contributed by atoms with E-state index in [1.807, 2.05) is 24.3 Å². The summed E-state index contributed by atoms with van der Waals surface area (Å²) in [6.07, 6.45) is 11.4. The molecule has 1 aliphatic carbocycles. The molecule has 2 fully saturated rings. The molecule has 0 atom stereocenters. The summed E-state index contributed by atoms with van der Waals surface area (Å²) < 4.78 is 0. The zero-order chi connectivity index (χ0) is 16.8. The van der Waals surface area contributed by atoms with Crippen LogP contribution in [0.3, 0.4) is 0 Å². The van der Waals surface area contributed by atoms with Crippen molar-refractivity contribution in [3.8, 4) is 0 Å². The lowest BCUT2D eigenvalue weighted by Crippen LogP contribution is -2.36. The van der Waals surface area contributed by atoms with Gasteiger partial charge in [0.2, 0.25) is 5.91 Å². The molecule has 24 heavy (non-hydrogen) atoms. The Morgan fingerprint density at radius 2 is 1.79 bits per heavy atom. The lowest BCUT2D eigenvalue weighted by molar-refractivity contribution is -0.111. The van der Waals surface area contributed by atoms with E-state index in [2.05, 4.69) is 16.3 Å². The zero-order valence-electron chi connectivity index (χ0n) is 14.3. The summed E-state index contributed by atoms with van der Waals surface area (Å²) in [5.74, 6) is 0.508. The first-order valence-corrected chi connectivity index (χ1v) is 9.23. The van der Waals surface area contributed by atoms with Crippen LogP contribution >= 0.6 is 0 Å². The molecule has 0 spiro atoms. The van der Waals surface area contributed by atoms with E-state index in [-0.39, 0.29) is 12.0 Å². The first-order valence-electron chi connectivity index (χ1n) is 9.23. The van der Waals surface area contributed by atoms with E-state index < -0.39 is 0 Å². The molecule has 3 rings (SSSR count). The van der Waals surface area contributed by atoms with E-state index in [4.69, 9.17) is 0 Å². The molecule has 1 aromatic carbocycles. The average Bonchev–Trinajstić information content (AvgIpc) is 2.62. The highest BCUT2D eigenvalue weighted by atomic mass is 16.3. The number of para-hydroxylation sites is 2. The topological polar surface area (TPSA) is 52.6 Å². The van der Waals surface area contributed by atoms with Crippen LogP contribution in [-0.2, 0) is 4.79 Å². The molecule has 1 amide bonds. The van der Waals surface area contributed by atoms with Crippen molar-refractivity contribution >= 4 is 17.3 Å². The highest BCUT2D eigenvalue weighted by Gasteiger charge is 2.19. The van der Waals surface area contributed by atoms with Gasteiger partial charge >= 0.3 is 0 Å². The zero-order valence-corrected chi connectivity index (χ0v) is 14.3. The lowest BCUT2D eigenvalue weighted by atomic mass is 9.89. The first kappa shape index (κ1) is 17.0. The number of rotatable bonds is 4. The minimum absolute atomic E-state index is 0.0509. The molecule has 130 valence electrons. The van der Waals surface area contributed by atoms with E-state index in [1.165, 1.54) is 32.1 Å². The number of allylic oxidation sites excluding steroid dienone is 1. The second kappa shape index (κ2) is 8.34. The van der Waals surface area contributed by atoms with Gasteiger partial charge in [-0.05, 0) is 49.8 Å². The summed E-state index contributed by atoms with van der Waals surface area (Å²) in [7, 11) is 0. The van der Waals surface area contributed by atoms with Crippen LogP contribution in [-0.4, -0.2) is 30.2 Å². The molecule has 0 bridgehead atoms. The van der Waals surface area contributed by atoms with Crippen molar-refractivity contribution < 1.29 is 9.90 Å². The largest absolute Gasteiger partial charge is 0.393 e. The van der Waals surface area contributed by atoms with Gasteiger partial charge in [-0.1, -0.05) is 37.5 Å². The number of nitrogens with one attached hydrogen (secondary N) is 1. The number of anilines is 2. The third-order valence-corrected chi connectivity index (χ3v) is 5.14. The second-order valence-corrected chi connectivity index (χ2v) is 6.98. The summed E-state index contributed by atoms with van der Waals surface area (Å²) in [6, 6.07) is 7.93. The molecule has 4 nitrogen and oxygen atoms in total. The number of nitrogens with zero attached hydrogens (tertiary/aromatic N) is 1. The summed E-state index contributed by atoms with van der Waals surface area (Å²) in [5, 5.41) is 12.7. The van der Waals surface area contributed by atoms with E-state index in [0.717, 1.165) is 37.3 Å². The Hall–Kier alpha value is -1.81. The summed E-state index contributed by atoms with van der Waals surface area (Å²) in [6.45, 7) is 1.65. The molecule has 0 radical (unpaired) electrons. The number of benzene rings is 1. The van der Waals surface area contributed by atoms with Crippen molar-refractivity contribution in [1.29, 1.82) is 0 Å². The van der Waals surface area contributed by atoms with Gasteiger partial charge < -0.3 is 15.3 Å². The van der Waals surface area contributed by atoms with E-state index in [9.17, 15) is 9.90 Å². The lowest BCUT2D eigenvalue weighted by Gasteiger charge is -2.32. The molecule has 1 saturated carbocycles. The van der Waals surface area contributed by atoms with Crippen LogP contribution in [0.2, 0.25) is 0 Å². The minimum Gasteiger partial charge on any atom is -0.393 e. The van der Waals surface area contributed by atoms with E-state index in [0.29, 0.717) is 5.92 Å². The molecule has 0 aromatic heterocycles. The standard InChI is InChI=1S/C20H28N2O2/c23-17-12-14-22(15-13-17)19-9-5-4-8-18(19)21-20(24)11-10-16-6-2-1-3-7-16/h4-5,8-11,16-17,23H,1-3,6-7,12-15H2,(H,21,24)/b11-10+. The Bertz CT molecular complexity index is 571. The fraction of sp³-hybridized carbons (Fsp3) is 0.550. The fourth-order valence-corrected chi connectivity index (χ4v) is 3.69. The van der Waals surface area contributed by atoms with Gasteiger partial charge in [0.25, 0.3) is 0 Å². The number of amides is 1. The van der Waals surface area contributed by atoms with Gasteiger partial charge in [-0.3, -0.25) is 4.79 Å². The van der Waals surface area contributed by atoms with Gasteiger partial charge in [-0.2, -0.15) is 0 Å². The highest BCUT2D eigenvalue weighted by molar-refractivity contribution is 6.01. The molecule has 1 aromatic rings. The Labute approximate surface area is 144 Å².